The second-order valence-corrected chi connectivity index (χ2v) is 7.92. The predicted molar refractivity (Wildman–Crippen MR) is 109 cm³/mol. The Morgan fingerprint density at radius 2 is 1.96 bits per heavy atom. The molecule has 0 saturated heterocycles. The van der Waals surface area contributed by atoms with Gasteiger partial charge in [-0.25, -0.2) is 0 Å². The average molecular weight is 424 g/mol. The number of benzene rings is 2. The van der Waals surface area contributed by atoms with E-state index in [0.29, 0.717) is 19.5 Å². The summed E-state index contributed by atoms with van der Waals surface area (Å²) >= 11 is 3.57. The smallest absolute Gasteiger partial charge is 0.223 e. The first-order valence-corrected chi connectivity index (χ1v) is 9.98. The molecular weight excluding hydrogens is 402 g/mol. The molecule has 138 valence electrons. The summed E-state index contributed by atoms with van der Waals surface area (Å²) in [5, 5.41) is 4.33. The van der Waals surface area contributed by atoms with E-state index in [2.05, 4.69) is 51.5 Å². The lowest BCUT2D eigenvalue weighted by molar-refractivity contribution is -0.132. The Morgan fingerprint density at radius 1 is 1.19 bits per heavy atom. The zero-order chi connectivity index (χ0) is 18.8. The molecule has 2 heterocycles. The fraction of sp³-hybridized carbons (Fsp3) is 0.273. The van der Waals surface area contributed by atoms with E-state index in [9.17, 15) is 4.79 Å². The second kappa shape index (κ2) is 7.69. The van der Waals surface area contributed by atoms with Gasteiger partial charge in [-0.3, -0.25) is 9.48 Å². The summed E-state index contributed by atoms with van der Waals surface area (Å²) in [5.74, 6) is 0.380. The minimum absolute atomic E-state index is 0.177. The molecule has 4 rings (SSSR count). The Morgan fingerprint density at radius 3 is 2.74 bits per heavy atom. The molecule has 1 aromatic heterocycles. The van der Waals surface area contributed by atoms with Crippen molar-refractivity contribution in [3.05, 3.63) is 87.7 Å². The normalized spacial score (nSPS) is 16.2. The fourth-order valence-corrected chi connectivity index (χ4v) is 4.29. The maximum absolute atomic E-state index is 13.0. The first-order valence-electron chi connectivity index (χ1n) is 9.19. The van der Waals surface area contributed by atoms with Crippen molar-refractivity contribution in [2.45, 2.75) is 25.3 Å². The van der Waals surface area contributed by atoms with Gasteiger partial charge >= 0.3 is 0 Å². The number of carbonyl (C=O) groups is 1. The molecule has 0 bridgehead atoms. The lowest BCUT2D eigenvalue weighted by atomic mass is 9.86. The van der Waals surface area contributed by atoms with Gasteiger partial charge in [-0.05, 0) is 34.7 Å². The summed E-state index contributed by atoms with van der Waals surface area (Å²) in [5.41, 5.74) is 4.87. The molecule has 3 aromatic rings. The molecule has 5 heteroatoms. The number of amides is 1. The number of carbonyl (C=O) groups excluding carboxylic acids is 1. The maximum atomic E-state index is 13.0. The molecule has 0 saturated carbocycles. The highest BCUT2D eigenvalue weighted by Gasteiger charge is 2.29. The third-order valence-electron chi connectivity index (χ3n) is 5.24. The molecule has 1 unspecified atom stereocenters. The van der Waals surface area contributed by atoms with Crippen LogP contribution in [0.25, 0.3) is 0 Å². The number of hydrogen-bond acceptors (Lipinski definition) is 2. The Bertz CT molecular complexity index is 965. The fourth-order valence-electron chi connectivity index (χ4n) is 3.80. The molecule has 1 aliphatic heterocycles. The van der Waals surface area contributed by atoms with Crippen molar-refractivity contribution < 1.29 is 4.79 Å². The van der Waals surface area contributed by atoms with Crippen LogP contribution in [0.5, 0.6) is 0 Å². The third-order valence-corrected chi connectivity index (χ3v) is 6.01. The largest absolute Gasteiger partial charge is 0.337 e. The zero-order valence-corrected chi connectivity index (χ0v) is 16.9. The highest BCUT2D eigenvalue weighted by atomic mass is 79.9. The number of aromatic nitrogens is 2. The predicted octanol–water partition coefficient (Wildman–Crippen LogP) is 4.29. The number of hydrogen-bond donors (Lipinski definition) is 0. The van der Waals surface area contributed by atoms with Gasteiger partial charge < -0.3 is 4.90 Å². The molecule has 0 spiro atoms. The van der Waals surface area contributed by atoms with E-state index in [1.807, 2.05) is 47.1 Å². The van der Waals surface area contributed by atoms with E-state index in [-0.39, 0.29) is 11.8 Å². The Labute approximate surface area is 167 Å². The van der Waals surface area contributed by atoms with E-state index in [4.69, 9.17) is 0 Å². The van der Waals surface area contributed by atoms with Gasteiger partial charge in [0.15, 0.2) is 0 Å². The number of rotatable bonds is 4. The molecule has 1 amide bonds. The van der Waals surface area contributed by atoms with Gasteiger partial charge in [-0.15, -0.1) is 0 Å². The minimum Gasteiger partial charge on any atom is -0.337 e. The van der Waals surface area contributed by atoms with Gasteiger partial charge in [0.2, 0.25) is 5.91 Å². The number of halogens is 1. The van der Waals surface area contributed by atoms with Crippen LogP contribution in [0.2, 0.25) is 0 Å². The molecule has 1 atom stereocenters. The summed E-state index contributed by atoms with van der Waals surface area (Å²) < 4.78 is 2.89. The Kier molecular flexibility index (Phi) is 5.12. The molecule has 2 aromatic carbocycles. The Balaban J connectivity index is 1.54. The Hall–Kier alpha value is -2.40. The van der Waals surface area contributed by atoms with Crippen molar-refractivity contribution in [3.8, 4) is 0 Å². The monoisotopic (exact) mass is 423 g/mol. The molecule has 0 radical (unpaired) electrons. The maximum Gasteiger partial charge on any atom is 0.223 e. The van der Waals surface area contributed by atoms with E-state index < -0.39 is 0 Å². The van der Waals surface area contributed by atoms with E-state index >= 15 is 0 Å². The highest BCUT2D eigenvalue weighted by Crippen LogP contribution is 2.33. The molecule has 4 nitrogen and oxygen atoms in total. The summed E-state index contributed by atoms with van der Waals surface area (Å²) in [7, 11) is 1.93. The summed E-state index contributed by atoms with van der Waals surface area (Å²) in [6.07, 6.45) is 5.23. The third kappa shape index (κ3) is 3.83. The number of fused-ring (bicyclic) bond motifs is 1. The van der Waals surface area contributed by atoms with Crippen LogP contribution >= 0.6 is 15.9 Å². The quantitative estimate of drug-likeness (QED) is 0.627. The van der Waals surface area contributed by atoms with Crippen molar-refractivity contribution in [1.29, 1.82) is 0 Å². The van der Waals surface area contributed by atoms with Gasteiger partial charge in [0, 0.05) is 43.1 Å². The molecule has 0 aliphatic carbocycles. The van der Waals surface area contributed by atoms with Crippen LogP contribution in [0, 0.1) is 0 Å². The van der Waals surface area contributed by atoms with Gasteiger partial charge in [0.05, 0.1) is 6.20 Å². The minimum atomic E-state index is 0.177. The second-order valence-electron chi connectivity index (χ2n) is 7.06. The van der Waals surface area contributed by atoms with E-state index in [1.165, 1.54) is 16.7 Å². The van der Waals surface area contributed by atoms with Gasteiger partial charge in [-0.2, -0.15) is 5.10 Å². The van der Waals surface area contributed by atoms with Crippen LogP contribution in [-0.4, -0.2) is 27.1 Å². The van der Waals surface area contributed by atoms with Crippen LogP contribution in [-0.2, 0) is 24.8 Å². The van der Waals surface area contributed by atoms with Crippen LogP contribution < -0.4 is 0 Å². The van der Waals surface area contributed by atoms with Gasteiger partial charge in [-0.1, -0.05) is 58.4 Å². The van der Waals surface area contributed by atoms with Crippen LogP contribution in [0.1, 0.15) is 34.6 Å². The van der Waals surface area contributed by atoms with Crippen molar-refractivity contribution in [1.82, 2.24) is 14.7 Å². The van der Waals surface area contributed by atoms with Crippen LogP contribution in [0.4, 0.5) is 0 Å². The zero-order valence-electron chi connectivity index (χ0n) is 15.3. The molecule has 0 N–H and O–H groups in total. The van der Waals surface area contributed by atoms with Crippen molar-refractivity contribution in [3.63, 3.8) is 0 Å². The molecule has 1 aliphatic rings. The van der Waals surface area contributed by atoms with Gasteiger partial charge in [0.1, 0.15) is 0 Å². The summed E-state index contributed by atoms with van der Waals surface area (Å²) in [6.45, 7) is 1.39. The van der Waals surface area contributed by atoms with Crippen molar-refractivity contribution in [2.24, 2.45) is 7.05 Å². The summed E-state index contributed by atoms with van der Waals surface area (Å²) in [6, 6.07) is 16.5. The van der Waals surface area contributed by atoms with E-state index in [1.54, 1.807) is 0 Å². The average Bonchev–Trinajstić information content (AvgIpc) is 3.12. The molecule has 0 fully saturated rings. The van der Waals surface area contributed by atoms with E-state index in [0.717, 1.165) is 16.5 Å². The molecular formula is C22H22BrN3O. The standard InChI is InChI=1S/C22H22BrN3O/c1-25-13-18(12-24-25)20-15-26(14-17-7-2-4-8-19(17)20)22(27)11-10-16-6-3-5-9-21(16)23/h2-9,12-13,20H,10-11,14-15H2,1H3. The highest BCUT2D eigenvalue weighted by molar-refractivity contribution is 9.10. The molecule has 27 heavy (non-hydrogen) atoms. The lowest BCUT2D eigenvalue weighted by Gasteiger charge is -2.34. The SMILES string of the molecule is Cn1cc(C2CN(C(=O)CCc3ccccc3Br)Cc3ccccc32)cn1. The first-order chi connectivity index (χ1) is 13.1. The van der Waals surface area contributed by atoms with Crippen LogP contribution in [0.15, 0.2) is 65.4 Å². The summed E-state index contributed by atoms with van der Waals surface area (Å²) in [4.78, 5) is 15.0. The number of nitrogens with zero attached hydrogens (tertiary/aromatic N) is 3. The van der Waals surface area contributed by atoms with Crippen LogP contribution in [0.3, 0.4) is 0 Å². The lowest BCUT2D eigenvalue weighted by Crippen LogP contribution is -2.38. The number of aryl methyl sites for hydroxylation is 2. The topological polar surface area (TPSA) is 38.1 Å². The first kappa shape index (κ1) is 18.0. The van der Waals surface area contributed by atoms with Gasteiger partial charge in [0.25, 0.3) is 0 Å². The van der Waals surface area contributed by atoms with Crippen molar-refractivity contribution in [2.75, 3.05) is 6.54 Å². The van der Waals surface area contributed by atoms with Crippen molar-refractivity contribution >= 4 is 21.8 Å².